The third-order valence-corrected chi connectivity index (χ3v) is 2.78. The highest BCUT2D eigenvalue weighted by Crippen LogP contribution is 2.27. The lowest BCUT2D eigenvalue weighted by Crippen LogP contribution is -2.12. The molecule has 0 saturated carbocycles. The zero-order valence-corrected chi connectivity index (χ0v) is 9.64. The highest BCUT2D eigenvalue weighted by Gasteiger charge is 2.10. The van der Waals surface area contributed by atoms with E-state index < -0.39 is 0 Å². The van der Waals surface area contributed by atoms with E-state index in [-0.39, 0.29) is 11.3 Å². The molecule has 2 aromatic rings. The standard InChI is InChI=1S/C12H12ClNO2/c1-2-3-8-11(15)9-6-7(13)4-5-10(9)14-12(8)16/h4-6H,2-3H2,1H3,(H2,14,15,16). The lowest BCUT2D eigenvalue weighted by Gasteiger charge is -2.06. The Hall–Kier alpha value is -1.48. The van der Waals surface area contributed by atoms with E-state index in [9.17, 15) is 9.90 Å². The van der Waals surface area contributed by atoms with E-state index in [1.54, 1.807) is 18.2 Å². The van der Waals surface area contributed by atoms with Crippen molar-refractivity contribution >= 4 is 22.5 Å². The summed E-state index contributed by atoms with van der Waals surface area (Å²) in [6.07, 6.45) is 1.37. The Morgan fingerprint density at radius 3 is 2.88 bits per heavy atom. The molecule has 0 saturated heterocycles. The normalized spacial score (nSPS) is 10.9. The molecular weight excluding hydrogens is 226 g/mol. The predicted molar refractivity (Wildman–Crippen MR) is 65.2 cm³/mol. The molecule has 0 aliphatic heterocycles. The first-order valence-corrected chi connectivity index (χ1v) is 5.54. The summed E-state index contributed by atoms with van der Waals surface area (Å²) in [7, 11) is 0. The van der Waals surface area contributed by atoms with Crippen LogP contribution in [0.4, 0.5) is 0 Å². The van der Waals surface area contributed by atoms with Gasteiger partial charge >= 0.3 is 0 Å². The molecule has 1 heterocycles. The summed E-state index contributed by atoms with van der Waals surface area (Å²) < 4.78 is 0. The number of fused-ring (bicyclic) bond motifs is 1. The number of benzene rings is 1. The molecule has 3 nitrogen and oxygen atoms in total. The van der Waals surface area contributed by atoms with Crippen molar-refractivity contribution in [2.45, 2.75) is 19.8 Å². The van der Waals surface area contributed by atoms with E-state index in [2.05, 4.69) is 4.98 Å². The molecule has 0 bridgehead atoms. The number of aromatic amines is 1. The van der Waals surface area contributed by atoms with Gasteiger partial charge in [-0.05, 0) is 24.6 Å². The number of halogens is 1. The molecule has 0 aliphatic carbocycles. The number of rotatable bonds is 2. The summed E-state index contributed by atoms with van der Waals surface area (Å²) in [6.45, 7) is 1.96. The Labute approximate surface area is 97.7 Å². The van der Waals surface area contributed by atoms with Crippen LogP contribution in [0.1, 0.15) is 18.9 Å². The molecule has 0 radical (unpaired) electrons. The highest BCUT2D eigenvalue weighted by atomic mass is 35.5. The third-order valence-electron chi connectivity index (χ3n) is 2.54. The molecule has 4 heteroatoms. The first kappa shape index (κ1) is 11.0. The maximum absolute atomic E-state index is 11.7. The molecule has 0 fully saturated rings. The fraction of sp³-hybridized carbons (Fsp3) is 0.250. The molecule has 0 amide bonds. The zero-order chi connectivity index (χ0) is 11.7. The lowest BCUT2D eigenvalue weighted by atomic mass is 10.1. The minimum Gasteiger partial charge on any atom is -0.507 e. The zero-order valence-electron chi connectivity index (χ0n) is 8.88. The average molecular weight is 238 g/mol. The first-order valence-electron chi connectivity index (χ1n) is 5.17. The van der Waals surface area contributed by atoms with Crippen LogP contribution in [0.15, 0.2) is 23.0 Å². The molecule has 0 unspecified atom stereocenters. The summed E-state index contributed by atoms with van der Waals surface area (Å²) in [5, 5.41) is 11.1. The fourth-order valence-corrected chi connectivity index (χ4v) is 1.94. The maximum atomic E-state index is 11.7. The summed E-state index contributed by atoms with van der Waals surface area (Å²) in [6, 6.07) is 5.02. The van der Waals surface area contributed by atoms with Crippen molar-refractivity contribution < 1.29 is 5.11 Å². The van der Waals surface area contributed by atoms with Crippen molar-refractivity contribution in [3.63, 3.8) is 0 Å². The van der Waals surface area contributed by atoms with Crippen molar-refractivity contribution in [3.8, 4) is 5.75 Å². The van der Waals surface area contributed by atoms with E-state index in [1.807, 2.05) is 6.92 Å². The predicted octanol–water partition coefficient (Wildman–Crippen LogP) is 2.84. The largest absolute Gasteiger partial charge is 0.507 e. The quantitative estimate of drug-likeness (QED) is 0.844. The third kappa shape index (κ3) is 1.78. The van der Waals surface area contributed by atoms with E-state index >= 15 is 0 Å². The first-order chi connectivity index (χ1) is 7.63. The second-order valence-electron chi connectivity index (χ2n) is 3.72. The Bertz CT molecular complexity index is 589. The van der Waals surface area contributed by atoms with E-state index in [0.29, 0.717) is 27.9 Å². The van der Waals surface area contributed by atoms with E-state index in [0.717, 1.165) is 6.42 Å². The SMILES string of the molecule is CCCc1c(O)c2cc(Cl)ccc2[nH]c1=O. The van der Waals surface area contributed by atoms with Crippen molar-refractivity contribution in [1.29, 1.82) is 0 Å². The molecule has 2 N–H and O–H groups in total. The second kappa shape index (κ2) is 4.18. The lowest BCUT2D eigenvalue weighted by molar-refractivity contribution is 0.472. The number of pyridine rings is 1. The second-order valence-corrected chi connectivity index (χ2v) is 4.16. The minimum atomic E-state index is -0.228. The Kier molecular flexibility index (Phi) is 2.88. The molecule has 2 rings (SSSR count). The molecular formula is C12H12ClNO2. The van der Waals surface area contributed by atoms with Crippen LogP contribution in [0.2, 0.25) is 5.02 Å². The van der Waals surface area contributed by atoms with Gasteiger partial charge in [0.15, 0.2) is 0 Å². The van der Waals surface area contributed by atoms with Gasteiger partial charge in [0.05, 0.1) is 11.1 Å². The number of H-pyrrole nitrogens is 1. The maximum Gasteiger partial charge on any atom is 0.255 e. The molecule has 0 spiro atoms. The number of aromatic nitrogens is 1. The number of hydrogen-bond donors (Lipinski definition) is 2. The smallest absolute Gasteiger partial charge is 0.255 e. The molecule has 1 aromatic heterocycles. The Morgan fingerprint density at radius 2 is 2.19 bits per heavy atom. The summed E-state index contributed by atoms with van der Waals surface area (Å²) in [5.41, 5.74) is 0.804. The number of nitrogens with one attached hydrogen (secondary N) is 1. The van der Waals surface area contributed by atoms with Crippen LogP contribution >= 0.6 is 11.6 Å². The van der Waals surface area contributed by atoms with Crippen LogP contribution < -0.4 is 5.56 Å². The summed E-state index contributed by atoms with van der Waals surface area (Å²) in [4.78, 5) is 14.4. The van der Waals surface area contributed by atoms with Crippen LogP contribution in [-0.2, 0) is 6.42 Å². The van der Waals surface area contributed by atoms with Crippen molar-refractivity contribution in [1.82, 2.24) is 4.98 Å². The average Bonchev–Trinajstić information content (AvgIpc) is 2.26. The van der Waals surface area contributed by atoms with Crippen LogP contribution in [0.3, 0.4) is 0 Å². The van der Waals surface area contributed by atoms with E-state index in [4.69, 9.17) is 11.6 Å². The topological polar surface area (TPSA) is 53.1 Å². The van der Waals surface area contributed by atoms with Gasteiger partial charge < -0.3 is 10.1 Å². The van der Waals surface area contributed by atoms with Crippen LogP contribution in [0, 0.1) is 0 Å². The van der Waals surface area contributed by atoms with Gasteiger partial charge in [-0.15, -0.1) is 0 Å². The molecule has 84 valence electrons. The van der Waals surface area contributed by atoms with Crippen LogP contribution in [0.5, 0.6) is 5.75 Å². The van der Waals surface area contributed by atoms with Gasteiger partial charge in [-0.2, -0.15) is 0 Å². The molecule has 0 atom stereocenters. The minimum absolute atomic E-state index is 0.0445. The Morgan fingerprint density at radius 1 is 1.44 bits per heavy atom. The molecule has 1 aromatic carbocycles. The van der Waals surface area contributed by atoms with Crippen molar-refractivity contribution in [2.75, 3.05) is 0 Å². The van der Waals surface area contributed by atoms with Gasteiger partial charge in [-0.3, -0.25) is 4.79 Å². The summed E-state index contributed by atoms with van der Waals surface area (Å²) in [5.74, 6) is 0.0445. The van der Waals surface area contributed by atoms with Crippen LogP contribution in [0.25, 0.3) is 10.9 Å². The van der Waals surface area contributed by atoms with Gasteiger partial charge in [0.1, 0.15) is 5.75 Å². The number of hydrogen-bond acceptors (Lipinski definition) is 2. The van der Waals surface area contributed by atoms with Gasteiger partial charge in [0.2, 0.25) is 0 Å². The molecule has 0 aliphatic rings. The molecule has 16 heavy (non-hydrogen) atoms. The number of aromatic hydroxyl groups is 1. The van der Waals surface area contributed by atoms with Crippen molar-refractivity contribution in [2.24, 2.45) is 0 Å². The van der Waals surface area contributed by atoms with Gasteiger partial charge in [0, 0.05) is 10.4 Å². The van der Waals surface area contributed by atoms with Crippen molar-refractivity contribution in [3.05, 3.63) is 39.1 Å². The van der Waals surface area contributed by atoms with Gasteiger partial charge in [0.25, 0.3) is 5.56 Å². The monoisotopic (exact) mass is 237 g/mol. The van der Waals surface area contributed by atoms with Gasteiger partial charge in [-0.1, -0.05) is 24.9 Å². The van der Waals surface area contributed by atoms with Gasteiger partial charge in [-0.25, -0.2) is 0 Å². The Balaban J connectivity index is 2.79. The fourth-order valence-electron chi connectivity index (χ4n) is 1.77. The summed E-state index contributed by atoms with van der Waals surface area (Å²) >= 11 is 5.86. The van der Waals surface area contributed by atoms with Crippen LogP contribution in [-0.4, -0.2) is 10.1 Å². The van der Waals surface area contributed by atoms with E-state index in [1.165, 1.54) is 0 Å². The highest BCUT2D eigenvalue weighted by molar-refractivity contribution is 6.31.